The fourth-order valence-corrected chi connectivity index (χ4v) is 0.534. The van der Waals surface area contributed by atoms with Crippen molar-refractivity contribution in [1.29, 1.82) is 0 Å². The lowest BCUT2D eigenvalue weighted by Crippen LogP contribution is -1.98. The van der Waals surface area contributed by atoms with Gasteiger partial charge >= 0.3 is 0 Å². The summed E-state index contributed by atoms with van der Waals surface area (Å²) in [6.45, 7) is 4.42. The Hall–Kier alpha value is -0.550. The minimum atomic E-state index is -3.59. The van der Waals surface area contributed by atoms with Gasteiger partial charge < -0.3 is 0 Å². The Morgan fingerprint density at radius 3 is 2.60 bits per heavy atom. The molecule has 0 heterocycles. The summed E-state index contributed by atoms with van der Waals surface area (Å²) in [7, 11) is 1.33. The van der Waals surface area contributed by atoms with Crippen LogP contribution in [-0.4, -0.2) is 15.1 Å². The van der Waals surface area contributed by atoms with Crippen LogP contribution in [0.3, 0.4) is 0 Å². The van der Waals surface area contributed by atoms with Gasteiger partial charge in [-0.15, -0.1) is 0 Å². The van der Waals surface area contributed by atoms with Gasteiger partial charge in [0.1, 0.15) is 0 Å². The first-order chi connectivity index (χ1) is 4.48. The number of nitrogens with zero attached hydrogens (tertiary/aromatic N) is 1. The van der Waals surface area contributed by atoms with Crippen LogP contribution in [0, 0.1) is 0 Å². The maximum absolute atomic E-state index is 10.4. The molecule has 0 aromatic heterocycles. The van der Waals surface area contributed by atoms with E-state index in [1.54, 1.807) is 0 Å². The average Bonchev–Trinajstić information content (AvgIpc) is 1.80. The van der Waals surface area contributed by atoms with Gasteiger partial charge in [0.25, 0.3) is 9.05 Å². The number of nitrogens with one attached hydrogen (secondary N) is 1. The summed E-state index contributed by atoms with van der Waals surface area (Å²) < 4.78 is 20.9. The van der Waals surface area contributed by atoms with Gasteiger partial charge in [-0.3, -0.25) is 5.43 Å². The zero-order valence-corrected chi connectivity index (χ0v) is 6.91. The quantitative estimate of drug-likeness (QED) is 0.396. The molecule has 0 saturated heterocycles. The Labute approximate surface area is 64.0 Å². The zero-order valence-electron chi connectivity index (χ0n) is 5.33. The molecule has 0 rings (SSSR count). The standard InChI is InChI=1S/C4H7ClN2O2S/c1-4(3-7-6-2)10(5,8)9/h3,7H,2H2,1H3/b4-3+. The van der Waals surface area contributed by atoms with Crippen molar-refractivity contribution in [2.75, 3.05) is 0 Å². The summed E-state index contributed by atoms with van der Waals surface area (Å²) in [5.74, 6) is 0. The van der Waals surface area contributed by atoms with Crippen molar-refractivity contribution in [3.05, 3.63) is 11.1 Å². The van der Waals surface area contributed by atoms with E-state index in [2.05, 4.69) is 17.2 Å². The monoisotopic (exact) mass is 182 g/mol. The van der Waals surface area contributed by atoms with Gasteiger partial charge in [-0.25, -0.2) is 8.42 Å². The number of allylic oxidation sites excluding steroid dienone is 1. The van der Waals surface area contributed by atoms with E-state index in [9.17, 15) is 8.42 Å². The summed E-state index contributed by atoms with van der Waals surface area (Å²) in [6.07, 6.45) is 1.15. The molecule has 0 aromatic rings. The molecule has 0 aromatic carbocycles. The third kappa shape index (κ3) is 3.47. The molecule has 0 aliphatic heterocycles. The lowest BCUT2D eigenvalue weighted by atomic mass is 10.7. The second-order valence-corrected chi connectivity index (χ2v) is 4.22. The molecule has 0 amide bonds. The highest BCUT2D eigenvalue weighted by atomic mass is 35.7. The molecule has 0 bridgehead atoms. The Kier molecular flexibility index (Phi) is 3.38. The summed E-state index contributed by atoms with van der Waals surface area (Å²) in [6, 6.07) is 0. The van der Waals surface area contributed by atoms with E-state index in [-0.39, 0.29) is 4.91 Å². The molecule has 6 heteroatoms. The third-order valence-electron chi connectivity index (χ3n) is 0.744. The SMILES string of the molecule is C=NN/C=C(\C)S(=O)(=O)Cl. The van der Waals surface area contributed by atoms with Crippen molar-refractivity contribution in [3.8, 4) is 0 Å². The summed E-state index contributed by atoms with van der Waals surface area (Å²) in [4.78, 5) is 0.00145. The largest absolute Gasteiger partial charge is 0.285 e. The van der Waals surface area contributed by atoms with Gasteiger partial charge in [0, 0.05) is 23.6 Å². The first-order valence-corrected chi connectivity index (χ1v) is 4.62. The molecule has 0 atom stereocenters. The maximum Gasteiger partial charge on any atom is 0.258 e. The van der Waals surface area contributed by atoms with Gasteiger partial charge in [0.15, 0.2) is 0 Å². The van der Waals surface area contributed by atoms with Gasteiger partial charge in [0.2, 0.25) is 0 Å². The first-order valence-electron chi connectivity index (χ1n) is 2.31. The molecule has 58 valence electrons. The highest BCUT2D eigenvalue weighted by Crippen LogP contribution is 2.08. The van der Waals surface area contributed by atoms with Crippen LogP contribution in [0.15, 0.2) is 16.2 Å². The summed E-state index contributed by atoms with van der Waals surface area (Å²) >= 11 is 0. The van der Waals surface area contributed by atoms with Crippen LogP contribution in [0.1, 0.15) is 6.92 Å². The molecule has 1 N–H and O–H groups in total. The van der Waals surface area contributed by atoms with Gasteiger partial charge in [-0.2, -0.15) is 5.10 Å². The van der Waals surface area contributed by atoms with Crippen LogP contribution < -0.4 is 5.43 Å². The average molecular weight is 183 g/mol. The van der Waals surface area contributed by atoms with Gasteiger partial charge in [-0.05, 0) is 6.92 Å². The number of hydrazone groups is 1. The topological polar surface area (TPSA) is 58.5 Å². The van der Waals surface area contributed by atoms with Crippen LogP contribution in [0.4, 0.5) is 0 Å². The Morgan fingerprint density at radius 1 is 1.80 bits per heavy atom. The van der Waals surface area contributed by atoms with Crippen LogP contribution in [0.2, 0.25) is 0 Å². The van der Waals surface area contributed by atoms with Crippen molar-refractivity contribution in [1.82, 2.24) is 5.43 Å². The molecule has 0 radical (unpaired) electrons. The van der Waals surface area contributed by atoms with E-state index in [0.29, 0.717) is 0 Å². The minimum Gasteiger partial charge on any atom is -0.285 e. The van der Waals surface area contributed by atoms with Crippen LogP contribution in [-0.2, 0) is 9.05 Å². The molecule has 0 aliphatic carbocycles. The predicted octanol–water partition coefficient (Wildman–Crippen LogP) is 0.621. The lowest BCUT2D eigenvalue weighted by molar-refractivity contribution is 0.614. The minimum absolute atomic E-state index is 0.00145. The van der Waals surface area contributed by atoms with Crippen LogP contribution in [0.25, 0.3) is 0 Å². The molecule has 0 aliphatic rings. The zero-order chi connectivity index (χ0) is 8.20. The number of rotatable bonds is 3. The molecule has 4 nitrogen and oxygen atoms in total. The van der Waals surface area contributed by atoms with Crippen molar-refractivity contribution in [2.24, 2.45) is 5.10 Å². The second-order valence-electron chi connectivity index (χ2n) is 1.48. The van der Waals surface area contributed by atoms with Crippen molar-refractivity contribution in [2.45, 2.75) is 6.92 Å². The summed E-state index contributed by atoms with van der Waals surface area (Å²) in [5, 5.41) is 3.19. The molecule has 0 saturated carbocycles. The third-order valence-corrected chi connectivity index (χ3v) is 2.36. The van der Waals surface area contributed by atoms with Crippen molar-refractivity contribution in [3.63, 3.8) is 0 Å². The smallest absolute Gasteiger partial charge is 0.258 e. The molecular weight excluding hydrogens is 176 g/mol. The highest BCUT2D eigenvalue weighted by Gasteiger charge is 2.06. The van der Waals surface area contributed by atoms with Gasteiger partial charge in [0.05, 0.1) is 4.91 Å². The van der Waals surface area contributed by atoms with Gasteiger partial charge in [-0.1, -0.05) is 0 Å². The molecule has 0 spiro atoms. The number of hydrogen-bond acceptors (Lipinski definition) is 4. The number of hydrogen-bond donors (Lipinski definition) is 1. The number of halogens is 1. The van der Waals surface area contributed by atoms with E-state index in [1.165, 1.54) is 6.92 Å². The summed E-state index contributed by atoms with van der Waals surface area (Å²) in [5.41, 5.74) is 2.24. The second kappa shape index (κ2) is 3.58. The first kappa shape index (κ1) is 9.45. The maximum atomic E-state index is 10.4. The van der Waals surface area contributed by atoms with E-state index >= 15 is 0 Å². The van der Waals surface area contributed by atoms with E-state index in [1.807, 2.05) is 0 Å². The molecule has 0 unspecified atom stereocenters. The lowest BCUT2D eigenvalue weighted by Gasteiger charge is -1.92. The van der Waals surface area contributed by atoms with E-state index in [0.717, 1.165) is 6.20 Å². The van der Waals surface area contributed by atoms with Crippen LogP contribution in [0.5, 0.6) is 0 Å². The Bertz CT molecular complexity index is 244. The van der Waals surface area contributed by atoms with Crippen LogP contribution >= 0.6 is 10.7 Å². The van der Waals surface area contributed by atoms with Crippen molar-refractivity contribution >= 4 is 26.5 Å². The van der Waals surface area contributed by atoms with Crippen molar-refractivity contribution < 1.29 is 8.42 Å². The molecule has 10 heavy (non-hydrogen) atoms. The fourth-order valence-electron chi connectivity index (χ4n) is 0.207. The predicted molar refractivity (Wildman–Crippen MR) is 41.2 cm³/mol. The fraction of sp³-hybridized carbons (Fsp3) is 0.250. The Balaban J connectivity index is 4.36. The van der Waals surface area contributed by atoms with E-state index in [4.69, 9.17) is 10.7 Å². The molecular formula is C4H7ClN2O2S. The normalized spacial score (nSPS) is 12.8. The van der Waals surface area contributed by atoms with E-state index < -0.39 is 9.05 Å². The highest BCUT2D eigenvalue weighted by molar-refractivity contribution is 8.16. The molecule has 0 fully saturated rings. The Morgan fingerprint density at radius 2 is 2.30 bits per heavy atom.